The molecule has 0 aromatic heterocycles. The maximum absolute atomic E-state index is 5.90. The minimum absolute atomic E-state index is 0.0295. The molecule has 0 amide bonds. The summed E-state index contributed by atoms with van der Waals surface area (Å²) in [5.41, 5.74) is 3.35. The minimum atomic E-state index is -0.0295. The second-order valence-corrected chi connectivity index (χ2v) is 9.58. The van der Waals surface area contributed by atoms with Crippen molar-refractivity contribution >= 4 is 24.2 Å². The van der Waals surface area contributed by atoms with E-state index in [0.717, 1.165) is 41.2 Å². The van der Waals surface area contributed by atoms with Crippen molar-refractivity contribution in [2.45, 2.75) is 89.9 Å². The normalized spacial score (nSPS) is 12.7. The van der Waals surface area contributed by atoms with Gasteiger partial charge in [0.25, 0.3) is 0 Å². The highest BCUT2D eigenvalue weighted by Gasteiger charge is 2.27. The smallest absolute Gasteiger partial charge is 0.246 e. The molecule has 164 valence electrons. The Morgan fingerprint density at radius 2 is 1.60 bits per heavy atom. The number of thiol groups is 1. The molecule has 0 saturated heterocycles. The molecule has 2 aromatic rings. The third-order valence-corrected chi connectivity index (χ3v) is 6.45. The summed E-state index contributed by atoms with van der Waals surface area (Å²) in [6.45, 7) is 15.6. The Hall–Kier alpha value is -1.94. The first-order chi connectivity index (χ1) is 14.1. The van der Waals surface area contributed by atoms with Crippen LogP contribution in [0, 0.1) is 0 Å². The van der Waals surface area contributed by atoms with Gasteiger partial charge in [-0.15, -0.1) is 12.6 Å². The highest BCUT2D eigenvalue weighted by molar-refractivity contribution is 7.80. The Bertz CT molecular complexity index is 871. The summed E-state index contributed by atoms with van der Waals surface area (Å²) >= 11 is 4.49. The molecule has 2 aromatic carbocycles. The number of nitrogens with zero attached hydrogens (tertiary/aromatic N) is 1. The third-order valence-electron chi connectivity index (χ3n) is 6.08. The van der Waals surface area contributed by atoms with Crippen molar-refractivity contribution in [3.63, 3.8) is 0 Å². The minimum Gasteiger partial charge on any atom is -0.288 e. The van der Waals surface area contributed by atoms with E-state index in [9.17, 15) is 0 Å². The molecule has 0 aliphatic carbocycles. The summed E-state index contributed by atoms with van der Waals surface area (Å²) < 4.78 is 0. The van der Waals surface area contributed by atoms with E-state index in [1.807, 2.05) is 30.3 Å². The van der Waals surface area contributed by atoms with Gasteiger partial charge in [0, 0.05) is 16.9 Å². The Morgan fingerprint density at radius 1 is 0.933 bits per heavy atom. The van der Waals surface area contributed by atoms with E-state index >= 15 is 0 Å². The molecule has 30 heavy (non-hydrogen) atoms. The summed E-state index contributed by atoms with van der Waals surface area (Å²) in [5.74, 6) is 1.30. The molecule has 0 spiro atoms. The maximum atomic E-state index is 5.90. The van der Waals surface area contributed by atoms with Gasteiger partial charge in [0.05, 0.1) is 5.69 Å². The Balaban J connectivity index is 2.37. The molecule has 3 nitrogen and oxygen atoms in total. The molecule has 0 aliphatic heterocycles. The molecule has 0 heterocycles. The fraction of sp³-hybridized carbons (Fsp3) is 0.500. The molecular formula is C26H37NO2S. The van der Waals surface area contributed by atoms with Gasteiger partial charge in [-0.2, -0.15) is 0 Å². The molecule has 0 fully saturated rings. The topological polar surface area (TPSA) is 30.8 Å². The Kier molecular flexibility index (Phi) is 8.42. The predicted octanol–water partition coefficient (Wildman–Crippen LogP) is 8.19. The number of rotatable bonds is 9. The third kappa shape index (κ3) is 6.04. The number of benzene rings is 2. The molecular weight excluding hydrogens is 390 g/mol. The van der Waals surface area contributed by atoms with Gasteiger partial charge in [-0.3, -0.25) is 9.78 Å². The summed E-state index contributed by atoms with van der Waals surface area (Å²) in [6, 6.07) is 14.2. The first kappa shape index (κ1) is 24.3. The maximum Gasteiger partial charge on any atom is 0.246 e. The Labute approximate surface area is 188 Å². The summed E-state index contributed by atoms with van der Waals surface area (Å²) in [7, 11) is 0. The van der Waals surface area contributed by atoms with Crippen LogP contribution in [0.15, 0.2) is 52.4 Å². The highest BCUT2D eigenvalue weighted by Crippen LogP contribution is 2.38. The van der Waals surface area contributed by atoms with Gasteiger partial charge in [0.1, 0.15) is 0 Å². The zero-order chi connectivity index (χ0) is 22.4. The van der Waals surface area contributed by atoms with Gasteiger partial charge in [0.15, 0.2) is 5.75 Å². The van der Waals surface area contributed by atoms with Crippen molar-refractivity contribution in [2.24, 2.45) is 4.99 Å². The lowest BCUT2D eigenvalue weighted by atomic mass is 9.76. The van der Waals surface area contributed by atoms with Crippen molar-refractivity contribution in [3.8, 4) is 5.75 Å². The van der Waals surface area contributed by atoms with E-state index in [1.54, 1.807) is 0 Å². The van der Waals surface area contributed by atoms with Crippen molar-refractivity contribution < 1.29 is 9.78 Å². The number of aliphatic imine (C=N–C) groups is 1. The lowest BCUT2D eigenvalue weighted by molar-refractivity contribution is -0.120. The van der Waals surface area contributed by atoms with Crippen LogP contribution < -0.4 is 4.89 Å². The lowest BCUT2D eigenvalue weighted by Crippen LogP contribution is -2.21. The molecule has 2 rings (SSSR count). The molecule has 4 heteroatoms. The first-order valence-electron chi connectivity index (χ1n) is 11.0. The second kappa shape index (κ2) is 10.4. The average molecular weight is 428 g/mol. The molecule has 0 radical (unpaired) electrons. The lowest BCUT2D eigenvalue weighted by Gasteiger charge is -2.29. The average Bonchev–Trinajstić information content (AvgIpc) is 2.73. The summed E-state index contributed by atoms with van der Waals surface area (Å²) in [4.78, 5) is 17.1. The van der Waals surface area contributed by atoms with Gasteiger partial charge in [-0.1, -0.05) is 72.7 Å². The van der Waals surface area contributed by atoms with Gasteiger partial charge in [0.2, 0.25) is 5.90 Å². The van der Waals surface area contributed by atoms with E-state index in [4.69, 9.17) is 9.78 Å². The van der Waals surface area contributed by atoms with E-state index in [0.29, 0.717) is 12.3 Å². The molecule has 0 unspecified atom stereocenters. The first-order valence-corrected chi connectivity index (χ1v) is 11.4. The van der Waals surface area contributed by atoms with E-state index in [-0.39, 0.29) is 10.8 Å². The van der Waals surface area contributed by atoms with Crippen LogP contribution in [0.4, 0.5) is 5.69 Å². The summed E-state index contributed by atoms with van der Waals surface area (Å²) in [5, 5.41) is 0. The SMILES string of the molecule is CCCC(=Nc1ccccc1S)OOc1ccc(C(C)(C)CC)cc1C(C)(C)CC. The van der Waals surface area contributed by atoms with Crippen LogP contribution in [0.3, 0.4) is 0 Å². The molecule has 0 N–H and O–H groups in total. The zero-order valence-corrected chi connectivity index (χ0v) is 20.5. The molecule has 0 aliphatic rings. The standard InChI is InChI=1S/C26H37NO2S/c1-8-13-24(27-21-14-11-12-15-23(21)30)29-28-22-17-16-19(25(4,5)9-2)18-20(22)26(6,7)10-3/h11-12,14-18,30H,8-10,13H2,1-7H3. The molecule has 0 bridgehead atoms. The van der Waals surface area contributed by atoms with Crippen LogP contribution in [-0.2, 0) is 15.7 Å². The van der Waals surface area contributed by atoms with E-state index < -0.39 is 0 Å². The van der Waals surface area contributed by atoms with E-state index in [1.165, 1.54) is 5.56 Å². The molecule has 0 saturated carbocycles. The van der Waals surface area contributed by atoms with E-state index in [2.05, 4.69) is 78.2 Å². The van der Waals surface area contributed by atoms with Crippen LogP contribution in [0.5, 0.6) is 5.75 Å². The van der Waals surface area contributed by atoms with Crippen LogP contribution in [0.2, 0.25) is 0 Å². The highest BCUT2D eigenvalue weighted by atomic mass is 32.1. The number of hydrogen-bond donors (Lipinski definition) is 1. The Morgan fingerprint density at radius 3 is 2.20 bits per heavy atom. The fourth-order valence-electron chi connectivity index (χ4n) is 3.06. The number of hydrogen-bond acceptors (Lipinski definition) is 4. The fourth-order valence-corrected chi connectivity index (χ4v) is 3.27. The van der Waals surface area contributed by atoms with Crippen molar-refractivity contribution in [1.29, 1.82) is 0 Å². The van der Waals surface area contributed by atoms with Gasteiger partial charge >= 0.3 is 0 Å². The number of para-hydroxylation sites is 1. The van der Waals surface area contributed by atoms with Crippen LogP contribution >= 0.6 is 12.6 Å². The second-order valence-electron chi connectivity index (χ2n) is 9.10. The van der Waals surface area contributed by atoms with Gasteiger partial charge < -0.3 is 0 Å². The van der Waals surface area contributed by atoms with Crippen LogP contribution in [0.1, 0.15) is 85.3 Å². The summed E-state index contributed by atoms with van der Waals surface area (Å²) in [6.07, 6.45) is 3.68. The van der Waals surface area contributed by atoms with Crippen molar-refractivity contribution in [3.05, 3.63) is 53.6 Å². The zero-order valence-electron chi connectivity index (χ0n) is 19.6. The van der Waals surface area contributed by atoms with Crippen molar-refractivity contribution in [2.75, 3.05) is 0 Å². The van der Waals surface area contributed by atoms with Gasteiger partial charge in [-0.05, 0) is 53.9 Å². The molecule has 0 atom stereocenters. The quantitative estimate of drug-likeness (QED) is 0.144. The van der Waals surface area contributed by atoms with Crippen LogP contribution in [-0.4, -0.2) is 5.90 Å². The predicted molar refractivity (Wildman–Crippen MR) is 130 cm³/mol. The van der Waals surface area contributed by atoms with Crippen LogP contribution in [0.25, 0.3) is 0 Å². The van der Waals surface area contributed by atoms with Crippen molar-refractivity contribution in [1.82, 2.24) is 0 Å². The monoisotopic (exact) mass is 427 g/mol. The van der Waals surface area contributed by atoms with Gasteiger partial charge in [-0.25, -0.2) is 4.99 Å². The largest absolute Gasteiger partial charge is 0.288 e.